The Hall–Kier alpha value is -2.34. The van der Waals surface area contributed by atoms with Gasteiger partial charge in [-0.25, -0.2) is 9.18 Å². The molecule has 1 atom stereocenters. The molecule has 1 fully saturated rings. The number of rotatable bonds is 5. The molecule has 122 valence electrons. The van der Waals surface area contributed by atoms with E-state index >= 15 is 0 Å². The predicted octanol–water partition coefficient (Wildman–Crippen LogP) is 3.63. The first kappa shape index (κ1) is 15.6. The number of furan rings is 1. The summed E-state index contributed by atoms with van der Waals surface area (Å²) in [6, 6.07) is 9.04. The SMILES string of the molecule is O=C(Nc1ccc(F)cc1)N(Cc1ccco1)C[C@H]1CCCO1. The first-order valence-electron chi connectivity index (χ1n) is 7.66. The van der Waals surface area contributed by atoms with Crippen LogP contribution in [0.1, 0.15) is 18.6 Å². The third-order valence-electron chi connectivity index (χ3n) is 3.76. The van der Waals surface area contributed by atoms with Crippen LogP contribution < -0.4 is 5.32 Å². The zero-order valence-electron chi connectivity index (χ0n) is 12.7. The summed E-state index contributed by atoms with van der Waals surface area (Å²) in [6.45, 7) is 1.59. The van der Waals surface area contributed by atoms with E-state index in [1.54, 1.807) is 17.2 Å². The minimum Gasteiger partial charge on any atom is -0.467 e. The molecule has 1 aliphatic rings. The zero-order chi connectivity index (χ0) is 16.1. The fourth-order valence-electron chi connectivity index (χ4n) is 2.58. The van der Waals surface area contributed by atoms with Crippen molar-refractivity contribution in [1.82, 2.24) is 4.90 Å². The first-order valence-corrected chi connectivity index (χ1v) is 7.66. The van der Waals surface area contributed by atoms with E-state index in [2.05, 4.69) is 5.32 Å². The van der Waals surface area contributed by atoms with Crippen molar-refractivity contribution in [2.24, 2.45) is 0 Å². The average Bonchev–Trinajstić information content (AvgIpc) is 3.22. The van der Waals surface area contributed by atoms with Crippen LogP contribution in [-0.4, -0.2) is 30.2 Å². The molecule has 1 aromatic carbocycles. The van der Waals surface area contributed by atoms with Crippen LogP contribution in [0.5, 0.6) is 0 Å². The van der Waals surface area contributed by atoms with Crippen molar-refractivity contribution < 1.29 is 18.3 Å². The Balaban J connectivity index is 1.67. The molecule has 2 aromatic rings. The lowest BCUT2D eigenvalue weighted by atomic mass is 10.2. The maximum Gasteiger partial charge on any atom is 0.322 e. The van der Waals surface area contributed by atoms with Gasteiger partial charge in [0, 0.05) is 18.8 Å². The van der Waals surface area contributed by atoms with Gasteiger partial charge >= 0.3 is 6.03 Å². The molecule has 0 unspecified atom stereocenters. The van der Waals surface area contributed by atoms with Crippen molar-refractivity contribution in [3.8, 4) is 0 Å². The lowest BCUT2D eigenvalue weighted by Crippen LogP contribution is -2.39. The summed E-state index contributed by atoms with van der Waals surface area (Å²) in [7, 11) is 0. The quantitative estimate of drug-likeness (QED) is 0.916. The Bertz CT molecular complexity index is 622. The molecule has 0 saturated carbocycles. The van der Waals surface area contributed by atoms with Crippen LogP contribution in [0, 0.1) is 5.82 Å². The molecule has 3 rings (SSSR count). The fraction of sp³-hybridized carbons (Fsp3) is 0.353. The maximum atomic E-state index is 13.0. The monoisotopic (exact) mass is 318 g/mol. The molecule has 2 heterocycles. The van der Waals surface area contributed by atoms with Gasteiger partial charge in [-0.05, 0) is 49.2 Å². The van der Waals surface area contributed by atoms with Crippen molar-refractivity contribution in [2.75, 3.05) is 18.5 Å². The molecule has 1 aromatic heterocycles. The van der Waals surface area contributed by atoms with Crippen LogP contribution >= 0.6 is 0 Å². The number of amides is 2. The van der Waals surface area contributed by atoms with E-state index in [1.165, 1.54) is 24.3 Å². The lowest BCUT2D eigenvalue weighted by Gasteiger charge is -2.25. The number of halogens is 1. The smallest absolute Gasteiger partial charge is 0.322 e. The van der Waals surface area contributed by atoms with Gasteiger partial charge in [0.2, 0.25) is 0 Å². The van der Waals surface area contributed by atoms with Crippen LogP contribution in [0.3, 0.4) is 0 Å². The van der Waals surface area contributed by atoms with Crippen LogP contribution in [0.15, 0.2) is 47.1 Å². The van der Waals surface area contributed by atoms with Gasteiger partial charge in [-0.15, -0.1) is 0 Å². The molecule has 5 nitrogen and oxygen atoms in total. The molecule has 0 bridgehead atoms. The Morgan fingerprint density at radius 1 is 1.30 bits per heavy atom. The fourth-order valence-corrected chi connectivity index (χ4v) is 2.58. The highest BCUT2D eigenvalue weighted by Crippen LogP contribution is 2.17. The Morgan fingerprint density at radius 3 is 2.78 bits per heavy atom. The number of hydrogen-bond acceptors (Lipinski definition) is 3. The molecule has 6 heteroatoms. The van der Waals surface area contributed by atoms with Gasteiger partial charge in [-0.1, -0.05) is 0 Å². The van der Waals surface area contributed by atoms with Gasteiger partial charge in [0.15, 0.2) is 0 Å². The minimum absolute atomic E-state index is 0.0453. The molecule has 2 amide bonds. The van der Waals surface area contributed by atoms with Gasteiger partial charge in [-0.2, -0.15) is 0 Å². The molecule has 23 heavy (non-hydrogen) atoms. The summed E-state index contributed by atoms with van der Waals surface area (Å²) < 4.78 is 23.9. The normalized spacial score (nSPS) is 17.2. The lowest BCUT2D eigenvalue weighted by molar-refractivity contribution is 0.0803. The summed E-state index contributed by atoms with van der Waals surface area (Å²) in [5, 5.41) is 2.78. The Morgan fingerprint density at radius 2 is 2.13 bits per heavy atom. The van der Waals surface area contributed by atoms with Crippen LogP contribution in [0.4, 0.5) is 14.9 Å². The molecule has 1 N–H and O–H groups in total. The van der Waals surface area contributed by atoms with Gasteiger partial charge in [0.1, 0.15) is 11.6 Å². The highest BCUT2D eigenvalue weighted by atomic mass is 19.1. The number of benzene rings is 1. The third-order valence-corrected chi connectivity index (χ3v) is 3.76. The van der Waals surface area contributed by atoms with E-state index in [0.717, 1.165) is 19.4 Å². The Kier molecular flexibility index (Phi) is 4.92. The first-order chi connectivity index (χ1) is 11.2. The Labute approximate surface area is 134 Å². The maximum absolute atomic E-state index is 13.0. The summed E-state index contributed by atoms with van der Waals surface area (Å²) in [6.07, 6.45) is 3.58. The van der Waals surface area contributed by atoms with E-state index in [9.17, 15) is 9.18 Å². The molecule has 1 aliphatic heterocycles. The topological polar surface area (TPSA) is 54.7 Å². The number of hydrogen-bond donors (Lipinski definition) is 1. The van der Waals surface area contributed by atoms with E-state index < -0.39 is 0 Å². The van der Waals surface area contributed by atoms with E-state index in [4.69, 9.17) is 9.15 Å². The highest BCUT2D eigenvalue weighted by Gasteiger charge is 2.23. The number of carbonyl (C=O) groups is 1. The second kappa shape index (κ2) is 7.28. The van der Waals surface area contributed by atoms with Crippen molar-refractivity contribution in [3.05, 3.63) is 54.2 Å². The number of nitrogens with zero attached hydrogens (tertiary/aromatic N) is 1. The zero-order valence-corrected chi connectivity index (χ0v) is 12.7. The van der Waals surface area contributed by atoms with Gasteiger partial charge < -0.3 is 19.4 Å². The number of urea groups is 1. The second-order valence-corrected chi connectivity index (χ2v) is 5.53. The molecule has 0 radical (unpaired) electrons. The van der Waals surface area contributed by atoms with Crippen LogP contribution in [0.25, 0.3) is 0 Å². The molecular weight excluding hydrogens is 299 g/mol. The average molecular weight is 318 g/mol. The van der Waals surface area contributed by atoms with Gasteiger partial charge in [-0.3, -0.25) is 0 Å². The van der Waals surface area contributed by atoms with Crippen molar-refractivity contribution >= 4 is 11.7 Å². The number of carbonyl (C=O) groups excluding carboxylic acids is 1. The predicted molar refractivity (Wildman–Crippen MR) is 83.5 cm³/mol. The summed E-state index contributed by atoms with van der Waals surface area (Å²) in [5.74, 6) is 0.368. The van der Waals surface area contributed by atoms with Gasteiger partial charge in [0.25, 0.3) is 0 Å². The molecule has 0 spiro atoms. The largest absolute Gasteiger partial charge is 0.467 e. The molecule has 0 aliphatic carbocycles. The summed E-state index contributed by atoms with van der Waals surface area (Å²) >= 11 is 0. The number of anilines is 1. The van der Waals surface area contributed by atoms with Crippen LogP contribution in [0.2, 0.25) is 0 Å². The summed E-state index contributed by atoms with van der Waals surface area (Å²) in [5.41, 5.74) is 0.549. The minimum atomic E-state index is -0.338. The number of nitrogens with one attached hydrogen (secondary N) is 1. The number of ether oxygens (including phenoxy) is 1. The van der Waals surface area contributed by atoms with Gasteiger partial charge in [0.05, 0.1) is 18.9 Å². The standard InChI is InChI=1S/C17H19FN2O3/c18-13-5-7-14(8-6-13)19-17(21)20(11-15-3-1-9-22-15)12-16-4-2-10-23-16/h1,3,5-9,16H,2,4,10-12H2,(H,19,21)/t16-/m1/s1. The van der Waals surface area contributed by atoms with Crippen LogP contribution in [-0.2, 0) is 11.3 Å². The van der Waals surface area contributed by atoms with Crippen molar-refractivity contribution in [3.63, 3.8) is 0 Å². The van der Waals surface area contributed by atoms with E-state index in [-0.39, 0.29) is 18.0 Å². The third kappa shape index (κ3) is 4.32. The van der Waals surface area contributed by atoms with Crippen molar-refractivity contribution in [2.45, 2.75) is 25.5 Å². The second-order valence-electron chi connectivity index (χ2n) is 5.53. The molecule has 1 saturated heterocycles. The van der Waals surface area contributed by atoms with E-state index in [1.807, 2.05) is 6.07 Å². The molecular formula is C17H19FN2O3. The van der Waals surface area contributed by atoms with E-state index in [0.29, 0.717) is 24.5 Å². The summed E-state index contributed by atoms with van der Waals surface area (Å²) in [4.78, 5) is 14.2. The van der Waals surface area contributed by atoms with Crippen molar-refractivity contribution in [1.29, 1.82) is 0 Å². The highest BCUT2D eigenvalue weighted by molar-refractivity contribution is 5.89.